The minimum absolute atomic E-state index is 0.0348. The molecule has 0 amide bonds. The molecule has 474 valence electrons. The fourth-order valence-electron chi connectivity index (χ4n) is 9.65. The van der Waals surface area contributed by atoms with Crippen LogP contribution in [0.5, 0.6) is 0 Å². The SMILES string of the molecule is CC/C=C\C/C=C\C/C=C\C/C=C\C/C=C\CCCCCC(=O)OCC(COC1OC(C(=O)O)C(O)C(O)C1OC(=O)CCCCCCC/C=C\C/C=C\C/C=C\CC)OC(=O)CCCCCCCCCCCCCCCCCCCCC. The maximum absolute atomic E-state index is 13.2. The molecule has 6 unspecified atom stereocenters. The molecule has 3 N–H and O–H groups in total. The first-order valence-electron chi connectivity index (χ1n) is 33.2. The zero-order valence-electron chi connectivity index (χ0n) is 52.4. The normalized spacial score (nSPS) is 18.2. The van der Waals surface area contributed by atoms with Gasteiger partial charge in [0.15, 0.2) is 24.6 Å². The minimum Gasteiger partial charge on any atom is -0.479 e. The van der Waals surface area contributed by atoms with Crippen molar-refractivity contribution in [3.63, 3.8) is 0 Å². The Bertz CT molecular complexity index is 1810. The third-order valence-corrected chi connectivity index (χ3v) is 14.7. The molecule has 0 saturated carbocycles. The molecule has 1 rings (SSSR count). The van der Waals surface area contributed by atoms with Crippen LogP contribution in [0.4, 0.5) is 0 Å². The first-order valence-corrected chi connectivity index (χ1v) is 33.2. The van der Waals surface area contributed by atoms with E-state index in [-0.39, 0.29) is 25.9 Å². The Morgan fingerprint density at radius 1 is 0.410 bits per heavy atom. The van der Waals surface area contributed by atoms with Gasteiger partial charge in [-0.05, 0) is 96.3 Å². The van der Waals surface area contributed by atoms with Gasteiger partial charge < -0.3 is 39.0 Å². The summed E-state index contributed by atoms with van der Waals surface area (Å²) in [5.74, 6) is -3.18. The van der Waals surface area contributed by atoms with Crippen LogP contribution in [0.1, 0.15) is 278 Å². The third kappa shape index (κ3) is 47.6. The van der Waals surface area contributed by atoms with Crippen LogP contribution in [0.25, 0.3) is 0 Å². The van der Waals surface area contributed by atoms with Crippen molar-refractivity contribution in [3.8, 4) is 0 Å². The van der Waals surface area contributed by atoms with Gasteiger partial charge in [-0.1, -0.05) is 259 Å². The number of aliphatic hydroxyl groups is 2. The first-order chi connectivity index (χ1) is 40.6. The lowest BCUT2D eigenvalue weighted by molar-refractivity contribution is -0.301. The quantitative estimate of drug-likeness (QED) is 0.0228. The fourth-order valence-corrected chi connectivity index (χ4v) is 9.65. The van der Waals surface area contributed by atoms with Gasteiger partial charge in [0.2, 0.25) is 0 Å². The van der Waals surface area contributed by atoms with E-state index < -0.39 is 67.3 Å². The highest BCUT2D eigenvalue weighted by molar-refractivity contribution is 5.74. The van der Waals surface area contributed by atoms with Crippen LogP contribution in [-0.4, -0.2) is 89.2 Å². The van der Waals surface area contributed by atoms with E-state index in [1.807, 2.05) is 0 Å². The molecule has 0 aliphatic carbocycles. The molecule has 1 aliphatic rings. The fraction of sp³-hybridized carbons (Fsp3) is 0.718. The Balaban J connectivity index is 2.68. The molecule has 0 spiro atoms. The largest absolute Gasteiger partial charge is 0.479 e. The number of hydrogen-bond donors (Lipinski definition) is 3. The zero-order chi connectivity index (χ0) is 60.3. The number of unbranched alkanes of at least 4 members (excludes halogenated alkanes) is 26. The zero-order valence-corrected chi connectivity index (χ0v) is 52.4. The summed E-state index contributed by atoms with van der Waals surface area (Å²) in [6.07, 6.45) is 65.1. The van der Waals surface area contributed by atoms with E-state index >= 15 is 0 Å². The Morgan fingerprint density at radius 2 is 0.759 bits per heavy atom. The second-order valence-electron chi connectivity index (χ2n) is 22.3. The number of carboxylic acids is 1. The van der Waals surface area contributed by atoms with Crippen molar-refractivity contribution in [3.05, 3.63) is 97.2 Å². The van der Waals surface area contributed by atoms with Gasteiger partial charge in [-0.3, -0.25) is 14.4 Å². The summed E-state index contributed by atoms with van der Waals surface area (Å²) in [6, 6.07) is 0. The first kappa shape index (κ1) is 76.7. The van der Waals surface area contributed by atoms with Gasteiger partial charge in [0.1, 0.15) is 18.8 Å². The molecule has 1 aliphatic heterocycles. The predicted octanol–water partition coefficient (Wildman–Crippen LogP) is 18.0. The van der Waals surface area contributed by atoms with Crippen molar-refractivity contribution in [2.45, 2.75) is 314 Å². The van der Waals surface area contributed by atoms with Crippen LogP contribution < -0.4 is 0 Å². The average Bonchev–Trinajstić information content (AvgIpc) is 3.58. The maximum Gasteiger partial charge on any atom is 0.335 e. The lowest BCUT2D eigenvalue weighted by Crippen LogP contribution is -2.61. The Morgan fingerprint density at radius 3 is 1.17 bits per heavy atom. The molecule has 6 atom stereocenters. The highest BCUT2D eigenvalue weighted by Gasteiger charge is 2.50. The van der Waals surface area contributed by atoms with Crippen LogP contribution in [-0.2, 0) is 42.9 Å². The topological polar surface area (TPSA) is 175 Å². The number of carboxylic acid groups (broad SMARTS) is 1. The van der Waals surface area contributed by atoms with E-state index in [4.69, 9.17) is 23.7 Å². The molecule has 1 heterocycles. The molecule has 1 fully saturated rings. The summed E-state index contributed by atoms with van der Waals surface area (Å²) in [6.45, 7) is 5.77. The highest BCUT2D eigenvalue weighted by Crippen LogP contribution is 2.27. The number of rotatable bonds is 56. The monoisotopic (exact) mass is 1160 g/mol. The lowest BCUT2D eigenvalue weighted by Gasteiger charge is -2.40. The molecule has 12 nitrogen and oxygen atoms in total. The van der Waals surface area contributed by atoms with Crippen molar-refractivity contribution < 1.29 is 58.2 Å². The van der Waals surface area contributed by atoms with Gasteiger partial charge in [0.05, 0.1) is 6.61 Å². The minimum atomic E-state index is -1.92. The molecule has 0 aromatic heterocycles. The van der Waals surface area contributed by atoms with Gasteiger partial charge in [0, 0.05) is 19.3 Å². The number of carbonyl (C=O) groups is 4. The van der Waals surface area contributed by atoms with Crippen LogP contribution in [0.15, 0.2) is 97.2 Å². The second-order valence-corrected chi connectivity index (χ2v) is 22.3. The summed E-state index contributed by atoms with van der Waals surface area (Å²) < 4.78 is 28.5. The molecule has 0 aromatic rings. The van der Waals surface area contributed by atoms with Crippen molar-refractivity contribution in [2.75, 3.05) is 13.2 Å². The molecule has 83 heavy (non-hydrogen) atoms. The Hall–Kier alpha value is -4.36. The number of allylic oxidation sites excluding steroid dienone is 16. The maximum atomic E-state index is 13.2. The van der Waals surface area contributed by atoms with Crippen LogP contribution in [0.3, 0.4) is 0 Å². The molecule has 0 aromatic carbocycles. The number of hydrogen-bond acceptors (Lipinski definition) is 11. The van der Waals surface area contributed by atoms with E-state index in [0.29, 0.717) is 19.3 Å². The van der Waals surface area contributed by atoms with E-state index in [1.54, 1.807) is 0 Å². The van der Waals surface area contributed by atoms with Crippen LogP contribution in [0.2, 0.25) is 0 Å². The van der Waals surface area contributed by atoms with Gasteiger partial charge >= 0.3 is 23.9 Å². The Labute approximate surface area is 504 Å². The molecule has 1 saturated heterocycles. The molecule has 0 bridgehead atoms. The summed E-state index contributed by atoms with van der Waals surface area (Å²) in [4.78, 5) is 51.4. The molecular formula is C71H118O12. The van der Waals surface area contributed by atoms with Crippen molar-refractivity contribution in [1.29, 1.82) is 0 Å². The summed E-state index contributed by atoms with van der Waals surface area (Å²) in [5, 5.41) is 31.6. The summed E-state index contributed by atoms with van der Waals surface area (Å²) in [5.41, 5.74) is 0. The van der Waals surface area contributed by atoms with Crippen LogP contribution in [0, 0.1) is 0 Å². The van der Waals surface area contributed by atoms with E-state index in [0.717, 1.165) is 122 Å². The third-order valence-electron chi connectivity index (χ3n) is 14.7. The molecule has 12 heteroatoms. The van der Waals surface area contributed by atoms with Crippen molar-refractivity contribution in [2.24, 2.45) is 0 Å². The summed E-state index contributed by atoms with van der Waals surface area (Å²) >= 11 is 0. The predicted molar refractivity (Wildman–Crippen MR) is 340 cm³/mol. The second kappa shape index (κ2) is 58.0. The average molecular weight is 1160 g/mol. The standard InChI is InChI=1S/C71H118O12/c1-4-7-10-13-16-19-22-25-28-30-32-34-37-39-42-45-48-51-54-57-63(72)79-60-62(81-64(73)58-55-52-49-46-43-41-38-35-33-31-29-26-23-20-17-14-11-8-5-2)61-80-71-69(67(76)66(75)68(83-71)70(77)78)82-65(74)59-56-53-50-47-44-40-36-27-24-21-18-15-12-9-6-3/h7,9-10,12,16,18-19,21,25,27-28,32,34,36,39,42,62,66-69,71,75-76H,4-6,8,11,13-15,17,20,22-24,26,29-31,33,35,37-38,40-41,43-61H2,1-3H3,(H,77,78)/b10-7-,12-9-,19-16-,21-18-,28-25-,34-32-,36-27-,42-39-. The number of aliphatic carboxylic acids is 1. The van der Waals surface area contributed by atoms with Gasteiger partial charge in [0.25, 0.3) is 0 Å². The van der Waals surface area contributed by atoms with Gasteiger partial charge in [-0.25, -0.2) is 4.79 Å². The number of ether oxygens (including phenoxy) is 5. The molecular weight excluding hydrogens is 1040 g/mol. The van der Waals surface area contributed by atoms with Gasteiger partial charge in [-0.2, -0.15) is 0 Å². The lowest BCUT2D eigenvalue weighted by atomic mass is 9.98. The smallest absolute Gasteiger partial charge is 0.335 e. The van der Waals surface area contributed by atoms with E-state index in [1.165, 1.54) is 96.3 Å². The van der Waals surface area contributed by atoms with E-state index in [2.05, 4.69) is 118 Å². The van der Waals surface area contributed by atoms with Crippen molar-refractivity contribution >= 4 is 23.9 Å². The highest BCUT2D eigenvalue weighted by atomic mass is 16.7. The van der Waals surface area contributed by atoms with Gasteiger partial charge in [-0.15, -0.1) is 0 Å². The number of esters is 3. The summed E-state index contributed by atoms with van der Waals surface area (Å²) in [7, 11) is 0. The Kier molecular flexibility index (Phi) is 53.6. The molecule has 0 radical (unpaired) electrons. The van der Waals surface area contributed by atoms with Crippen LogP contribution >= 0.6 is 0 Å². The van der Waals surface area contributed by atoms with E-state index in [9.17, 15) is 34.5 Å². The van der Waals surface area contributed by atoms with Crippen molar-refractivity contribution in [1.82, 2.24) is 0 Å². The number of aliphatic hydroxyl groups excluding tert-OH is 2. The number of carbonyl (C=O) groups excluding carboxylic acids is 3.